The van der Waals surface area contributed by atoms with Gasteiger partial charge in [0.1, 0.15) is 0 Å². The number of rotatable bonds is 3. The van der Waals surface area contributed by atoms with Crippen molar-refractivity contribution in [2.75, 3.05) is 0 Å². The van der Waals surface area contributed by atoms with E-state index >= 15 is 0 Å². The van der Waals surface area contributed by atoms with Gasteiger partial charge in [-0.05, 0) is 49.4 Å². The molecule has 0 aliphatic heterocycles. The molecular weight excluding hydrogens is 228 g/mol. The van der Waals surface area contributed by atoms with E-state index in [9.17, 15) is 0 Å². The molecule has 0 saturated heterocycles. The van der Waals surface area contributed by atoms with Crippen LogP contribution in [0.4, 0.5) is 0 Å². The van der Waals surface area contributed by atoms with Crippen molar-refractivity contribution >= 4 is 0 Å². The molecule has 19 heavy (non-hydrogen) atoms. The highest BCUT2D eigenvalue weighted by atomic mass is 14.4. The van der Waals surface area contributed by atoms with Gasteiger partial charge >= 0.3 is 0 Å². The Hall–Kier alpha value is -0.520. The smallest absolute Gasteiger partial charge is 0.00255 e. The van der Waals surface area contributed by atoms with Gasteiger partial charge in [0.25, 0.3) is 0 Å². The molecule has 1 atom stereocenters. The summed E-state index contributed by atoms with van der Waals surface area (Å²) < 4.78 is 0. The first-order chi connectivity index (χ1) is 8.83. The maximum absolute atomic E-state index is 2.54. The van der Waals surface area contributed by atoms with E-state index in [-0.39, 0.29) is 0 Å². The van der Waals surface area contributed by atoms with Crippen LogP contribution in [0.2, 0.25) is 0 Å². The molecule has 108 valence electrons. The summed E-state index contributed by atoms with van der Waals surface area (Å²) in [7, 11) is 0. The molecule has 2 aliphatic rings. The average Bonchev–Trinajstić information content (AvgIpc) is 2.81. The van der Waals surface area contributed by atoms with E-state index in [1.165, 1.54) is 38.5 Å². The van der Waals surface area contributed by atoms with Gasteiger partial charge in [-0.2, -0.15) is 0 Å². The van der Waals surface area contributed by atoms with E-state index in [0.29, 0.717) is 16.7 Å². The third-order valence-electron chi connectivity index (χ3n) is 5.71. The van der Waals surface area contributed by atoms with Gasteiger partial charge in [0, 0.05) is 5.92 Å². The minimum Gasteiger partial charge on any atom is -0.0850 e. The van der Waals surface area contributed by atoms with E-state index in [4.69, 9.17) is 0 Å². The first-order valence-corrected chi connectivity index (χ1v) is 8.19. The molecule has 0 nitrogen and oxygen atoms in total. The van der Waals surface area contributed by atoms with Gasteiger partial charge < -0.3 is 0 Å². The monoisotopic (exact) mass is 260 g/mol. The first kappa shape index (κ1) is 14.9. The van der Waals surface area contributed by atoms with Crippen molar-refractivity contribution in [3.8, 4) is 0 Å². The number of hydrogen-bond donors (Lipinski definition) is 0. The van der Waals surface area contributed by atoms with E-state index in [1.807, 2.05) is 0 Å². The highest BCUT2D eigenvalue weighted by Crippen LogP contribution is 2.44. The number of allylic oxidation sites excluding steroid dienone is 4. The van der Waals surface area contributed by atoms with Crippen molar-refractivity contribution in [1.82, 2.24) is 0 Å². The van der Waals surface area contributed by atoms with Crippen LogP contribution in [0.25, 0.3) is 0 Å². The second kappa shape index (κ2) is 5.46. The largest absolute Gasteiger partial charge is 0.0850 e. The summed E-state index contributed by atoms with van der Waals surface area (Å²) in [5, 5.41) is 0. The molecule has 0 aromatic carbocycles. The zero-order chi connectivity index (χ0) is 14.1. The molecule has 0 bridgehead atoms. The van der Waals surface area contributed by atoms with Crippen LogP contribution in [0.3, 0.4) is 0 Å². The molecule has 0 aromatic rings. The summed E-state index contributed by atoms with van der Waals surface area (Å²) in [5.74, 6) is 1.54. The molecule has 0 N–H and O–H groups in total. The molecule has 1 saturated carbocycles. The van der Waals surface area contributed by atoms with Crippen molar-refractivity contribution < 1.29 is 0 Å². The standard InChI is InChI=1S/C19H32/c1-15-9-8-13-19(4,5)17(15)12-14-18(2,3)16-10-6-7-11-16/h9,12,14,16-17H,6-8,10-11,13H2,1-5H3/b14-12+. The third-order valence-corrected chi connectivity index (χ3v) is 5.71. The molecule has 0 radical (unpaired) electrons. The van der Waals surface area contributed by atoms with Crippen molar-refractivity contribution in [3.63, 3.8) is 0 Å². The lowest BCUT2D eigenvalue weighted by atomic mass is 9.67. The maximum atomic E-state index is 2.54. The predicted molar refractivity (Wildman–Crippen MR) is 85.1 cm³/mol. The van der Waals surface area contributed by atoms with Crippen molar-refractivity contribution in [3.05, 3.63) is 23.8 Å². The van der Waals surface area contributed by atoms with Gasteiger partial charge in [0.15, 0.2) is 0 Å². The van der Waals surface area contributed by atoms with Gasteiger partial charge in [-0.1, -0.05) is 64.3 Å². The molecule has 1 unspecified atom stereocenters. The number of hydrogen-bond acceptors (Lipinski definition) is 0. The van der Waals surface area contributed by atoms with Crippen LogP contribution in [-0.4, -0.2) is 0 Å². The fourth-order valence-corrected chi connectivity index (χ4v) is 4.13. The van der Waals surface area contributed by atoms with E-state index in [1.54, 1.807) is 5.57 Å². The minimum atomic E-state index is 0.379. The Bertz CT molecular complexity index is 361. The molecule has 0 heteroatoms. The third kappa shape index (κ3) is 3.33. The van der Waals surface area contributed by atoms with E-state index < -0.39 is 0 Å². The molecule has 0 amide bonds. The highest BCUT2D eigenvalue weighted by Gasteiger charge is 2.33. The van der Waals surface area contributed by atoms with E-state index in [0.717, 1.165) is 5.92 Å². The Morgan fingerprint density at radius 1 is 1.21 bits per heavy atom. The zero-order valence-electron chi connectivity index (χ0n) is 13.6. The zero-order valence-corrected chi connectivity index (χ0v) is 13.6. The molecule has 0 aromatic heterocycles. The van der Waals surface area contributed by atoms with Crippen molar-refractivity contribution in [1.29, 1.82) is 0 Å². The summed E-state index contributed by atoms with van der Waals surface area (Å²) in [6.45, 7) is 12.1. The average molecular weight is 260 g/mol. The molecule has 2 rings (SSSR count). The van der Waals surface area contributed by atoms with Crippen molar-refractivity contribution in [2.45, 2.75) is 73.1 Å². The normalized spacial score (nSPS) is 28.9. The Kier molecular flexibility index (Phi) is 4.28. The fourth-order valence-electron chi connectivity index (χ4n) is 4.13. The van der Waals surface area contributed by atoms with Crippen LogP contribution in [0, 0.1) is 22.7 Å². The fraction of sp³-hybridized carbons (Fsp3) is 0.789. The SMILES string of the molecule is CC1=CCCC(C)(C)C1/C=C/C(C)(C)C1CCCC1. The van der Waals surface area contributed by atoms with Crippen LogP contribution >= 0.6 is 0 Å². The first-order valence-electron chi connectivity index (χ1n) is 8.19. The van der Waals surface area contributed by atoms with Gasteiger partial charge in [-0.25, -0.2) is 0 Å². The summed E-state index contributed by atoms with van der Waals surface area (Å²) in [6.07, 6.45) is 15.8. The molecular formula is C19H32. The Balaban J connectivity index is 2.12. The molecule has 2 aliphatic carbocycles. The molecule has 1 fully saturated rings. The lowest BCUT2D eigenvalue weighted by Gasteiger charge is -2.38. The maximum Gasteiger partial charge on any atom is 0.00255 e. The molecule has 0 heterocycles. The Labute approximate surface area is 120 Å². The second-order valence-electron chi connectivity index (χ2n) is 8.11. The van der Waals surface area contributed by atoms with E-state index in [2.05, 4.69) is 52.8 Å². The summed E-state index contributed by atoms with van der Waals surface area (Å²) in [6, 6.07) is 0. The Morgan fingerprint density at radius 2 is 1.84 bits per heavy atom. The van der Waals surface area contributed by atoms with Crippen LogP contribution in [-0.2, 0) is 0 Å². The lowest BCUT2D eigenvalue weighted by molar-refractivity contribution is 0.248. The van der Waals surface area contributed by atoms with Gasteiger partial charge in [0.05, 0.1) is 0 Å². The predicted octanol–water partition coefficient (Wildman–Crippen LogP) is 6.14. The van der Waals surface area contributed by atoms with Crippen LogP contribution in [0.1, 0.15) is 73.1 Å². The van der Waals surface area contributed by atoms with Crippen LogP contribution in [0.15, 0.2) is 23.8 Å². The minimum absolute atomic E-state index is 0.379. The highest BCUT2D eigenvalue weighted by molar-refractivity contribution is 5.20. The van der Waals surface area contributed by atoms with Crippen LogP contribution < -0.4 is 0 Å². The summed E-state index contributed by atoms with van der Waals surface area (Å²) in [4.78, 5) is 0. The van der Waals surface area contributed by atoms with Gasteiger partial charge in [-0.3, -0.25) is 0 Å². The second-order valence-corrected chi connectivity index (χ2v) is 8.11. The molecule has 0 spiro atoms. The van der Waals surface area contributed by atoms with Gasteiger partial charge in [0.2, 0.25) is 0 Å². The topological polar surface area (TPSA) is 0 Å². The quantitative estimate of drug-likeness (QED) is 0.534. The summed E-state index contributed by atoms with van der Waals surface area (Å²) >= 11 is 0. The Morgan fingerprint density at radius 3 is 2.42 bits per heavy atom. The van der Waals surface area contributed by atoms with Gasteiger partial charge in [-0.15, -0.1) is 0 Å². The lowest BCUT2D eigenvalue weighted by Crippen LogP contribution is -2.27. The van der Waals surface area contributed by atoms with Crippen molar-refractivity contribution in [2.24, 2.45) is 22.7 Å². The summed E-state index contributed by atoms with van der Waals surface area (Å²) in [5.41, 5.74) is 2.39. The van der Waals surface area contributed by atoms with Crippen LogP contribution in [0.5, 0.6) is 0 Å².